The summed E-state index contributed by atoms with van der Waals surface area (Å²) in [7, 11) is -4.11. The van der Waals surface area contributed by atoms with Crippen LogP contribution in [0.15, 0.2) is 51.2 Å². The Kier molecular flexibility index (Phi) is 5.13. The van der Waals surface area contributed by atoms with Crippen molar-refractivity contribution in [2.24, 2.45) is 4.99 Å². The molecule has 0 heterocycles. The van der Waals surface area contributed by atoms with E-state index >= 15 is 0 Å². The van der Waals surface area contributed by atoms with Crippen LogP contribution >= 0.6 is 0 Å². The standard InChI is InChI=1S/C17H16N2O5S/c1-4-12-9-16(15(19(21)22)10-14(12)17(20)18-3)25(23,24)13-7-5-11(2)6-8-13/h5-10H,3-4H2,1-2H3. The second-order valence-electron chi connectivity index (χ2n) is 5.37. The molecule has 2 rings (SSSR count). The van der Waals surface area contributed by atoms with Gasteiger partial charge in [-0.15, -0.1) is 0 Å². The molecule has 0 radical (unpaired) electrons. The van der Waals surface area contributed by atoms with Crippen LogP contribution in [0.3, 0.4) is 0 Å². The highest BCUT2D eigenvalue weighted by molar-refractivity contribution is 7.91. The van der Waals surface area contributed by atoms with Gasteiger partial charge < -0.3 is 0 Å². The van der Waals surface area contributed by atoms with E-state index < -0.39 is 31.3 Å². The summed E-state index contributed by atoms with van der Waals surface area (Å²) in [4.78, 5) is 25.2. The van der Waals surface area contributed by atoms with Crippen molar-refractivity contribution >= 4 is 28.1 Å². The van der Waals surface area contributed by atoms with Gasteiger partial charge in [-0.1, -0.05) is 24.6 Å². The molecule has 0 aliphatic carbocycles. The van der Waals surface area contributed by atoms with Gasteiger partial charge in [0.2, 0.25) is 9.84 Å². The summed E-state index contributed by atoms with van der Waals surface area (Å²) >= 11 is 0. The van der Waals surface area contributed by atoms with Gasteiger partial charge in [0.05, 0.1) is 15.4 Å². The van der Waals surface area contributed by atoms with Gasteiger partial charge in [0.25, 0.3) is 11.6 Å². The summed E-state index contributed by atoms with van der Waals surface area (Å²) in [6, 6.07) is 8.13. The van der Waals surface area contributed by atoms with Gasteiger partial charge in [-0.25, -0.2) is 13.4 Å². The van der Waals surface area contributed by atoms with Crippen molar-refractivity contribution in [1.29, 1.82) is 0 Å². The van der Waals surface area contributed by atoms with Crippen molar-refractivity contribution in [3.63, 3.8) is 0 Å². The zero-order chi connectivity index (χ0) is 18.8. The number of aryl methyl sites for hydroxylation is 2. The van der Waals surface area contributed by atoms with Gasteiger partial charge in [0.1, 0.15) is 4.90 Å². The van der Waals surface area contributed by atoms with Crippen molar-refractivity contribution in [3.8, 4) is 0 Å². The monoisotopic (exact) mass is 360 g/mol. The average Bonchev–Trinajstić information content (AvgIpc) is 2.60. The first-order valence-corrected chi connectivity index (χ1v) is 8.84. The first kappa shape index (κ1) is 18.5. The maximum absolute atomic E-state index is 12.9. The zero-order valence-electron chi connectivity index (χ0n) is 13.7. The van der Waals surface area contributed by atoms with Crippen molar-refractivity contribution in [1.82, 2.24) is 0 Å². The van der Waals surface area contributed by atoms with E-state index in [4.69, 9.17) is 0 Å². The minimum atomic E-state index is -4.11. The van der Waals surface area contributed by atoms with Crippen LogP contribution in [-0.4, -0.2) is 26.0 Å². The van der Waals surface area contributed by atoms with Crippen LogP contribution in [0.4, 0.5) is 5.69 Å². The van der Waals surface area contributed by atoms with Gasteiger partial charge in [0.15, 0.2) is 0 Å². The molecule has 0 bridgehead atoms. The highest BCUT2D eigenvalue weighted by atomic mass is 32.2. The van der Waals surface area contributed by atoms with Gasteiger partial charge in [0, 0.05) is 6.07 Å². The van der Waals surface area contributed by atoms with E-state index in [1.54, 1.807) is 26.0 Å². The number of aliphatic imine (C=N–C) groups is 1. The van der Waals surface area contributed by atoms with Crippen LogP contribution < -0.4 is 0 Å². The minimum Gasteiger partial charge on any atom is -0.267 e. The molecule has 2 aromatic rings. The molecule has 7 nitrogen and oxygen atoms in total. The van der Waals surface area contributed by atoms with Gasteiger partial charge in [-0.05, 0) is 43.8 Å². The van der Waals surface area contributed by atoms with Gasteiger partial charge in [-0.3, -0.25) is 14.9 Å². The smallest absolute Gasteiger partial charge is 0.267 e. The Bertz CT molecular complexity index is 963. The molecular formula is C17H16N2O5S. The lowest BCUT2D eigenvalue weighted by Crippen LogP contribution is -2.10. The predicted molar refractivity (Wildman–Crippen MR) is 93.0 cm³/mol. The molecule has 0 N–H and O–H groups in total. The van der Waals surface area contributed by atoms with Crippen molar-refractivity contribution in [3.05, 3.63) is 63.2 Å². The lowest BCUT2D eigenvalue weighted by atomic mass is 10.0. The molecule has 0 unspecified atom stereocenters. The van der Waals surface area contributed by atoms with Crippen molar-refractivity contribution < 1.29 is 18.1 Å². The highest BCUT2D eigenvalue weighted by Crippen LogP contribution is 2.33. The van der Waals surface area contributed by atoms with Crippen molar-refractivity contribution in [2.75, 3.05) is 0 Å². The second kappa shape index (κ2) is 6.94. The Morgan fingerprint density at radius 3 is 2.32 bits per heavy atom. The number of carbonyl (C=O) groups is 1. The van der Waals surface area contributed by atoms with Crippen LogP contribution in [0.1, 0.15) is 28.4 Å². The lowest BCUT2D eigenvalue weighted by molar-refractivity contribution is -0.387. The third-order valence-electron chi connectivity index (χ3n) is 3.76. The molecule has 130 valence electrons. The number of nitro groups is 1. The third-order valence-corrected chi connectivity index (χ3v) is 5.56. The zero-order valence-corrected chi connectivity index (χ0v) is 14.5. The molecular weight excluding hydrogens is 344 g/mol. The third kappa shape index (κ3) is 3.48. The summed E-state index contributed by atoms with van der Waals surface area (Å²) < 4.78 is 25.7. The number of nitro benzene ring substituents is 1. The molecule has 0 aliphatic heterocycles. The van der Waals surface area contributed by atoms with E-state index in [0.717, 1.165) is 11.6 Å². The molecule has 0 saturated carbocycles. The SMILES string of the molecule is C=NC(=O)c1cc([N+](=O)[O-])c(S(=O)(=O)c2ccc(C)cc2)cc1CC. The summed E-state index contributed by atoms with van der Waals surface area (Å²) in [5.74, 6) is -0.737. The van der Waals surface area contributed by atoms with Crippen LogP contribution in [-0.2, 0) is 16.3 Å². The summed E-state index contributed by atoms with van der Waals surface area (Å²) in [6.45, 7) is 6.64. The maximum atomic E-state index is 12.9. The van der Waals surface area contributed by atoms with Crippen LogP contribution in [0.5, 0.6) is 0 Å². The molecule has 0 fully saturated rings. The number of sulfone groups is 1. The normalized spacial score (nSPS) is 11.1. The second-order valence-corrected chi connectivity index (χ2v) is 7.29. The molecule has 0 saturated heterocycles. The van der Waals surface area contributed by atoms with Crippen LogP contribution in [0, 0.1) is 17.0 Å². The van der Waals surface area contributed by atoms with Crippen LogP contribution in [0.25, 0.3) is 0 Å². The summed E-state index contributed by atoms with van der Waals surface area (Å²) in [5.41, 5.74) is 0.534. The number of nitrogens with zero attached hydrogens (tertiary/aromatic N) is 2. The van der Waals surface area contributed by atoms with Gasteiger partial charge in [-0.2, -0.15) is 0 Å². The fourth-order valence-electron chi connectivity index (χ4n) is 2.39. The first-order chi connectivity index (χ1) is 11.7. The number of hydrogen-bond acceptors (Lipinski definition) is 5. The predicted octanol–water partition coefficient (Wildman–Crippen LogP) is 3.14. The lowest BCUT2D eigenvalue weighted by Gasteiger charge is -2.10. The Morgan fingerprint density at radius 1 is 1.24 bits per heavy atom. The van der Waals surface area contributed by atoms with Crippen LogP contribution in [0.2, 0.25) is 0 Å². The van der Waals surface area contributed by atoms with Gasteiger partial charge >= 0.3 is 0 Å². The number of hydrogen-bond donors (Lipinski definition) is 0. The Labute approximate surface area is 145 Å². The number of benzene rings is 2. The Hall–Kier alpha value is -2.87. The maximum Gasteiger partial charge on any atom is 0.289 e. The first-order valence-electron chi connectivity index (χ1n) is 7.36. The molecule has 0 aromatic heterocycles. The largest absolute Gasteiger partial charge is 0.289 e. The van der Waals surface area contributed by atoms with E-state index in [0.29, 0.717) is 12.0 Å². The van der Waals surface area contributed by atoms with E-state index in [1.807, 2.05) is 0 Å². The van der Waals surface area contributed by atoms with E-state index in [9.17, 15) is 23.3 Å². The average molecular weight is 360 g/mol. The van der Waals surface area contributed by atoms with Crippen molar-refractivity contribution in [2.45, 2.75) is 30.1 Å². The summed E-state index contributed by atoms with van der Waals surface area (Å²) in [5, 5.41) is 11.4. The highest BCUT2D eigenvalue weighted by Gasteiger charge is 2.30. The topological polar surface area (TPSA) is 107 Å². The number of amides is 1. The molecule has 8 heteroatoms. The molecule has 25 heavy (non-hydrogen) atoms. The number of rotatable bonds is 5. The molecule has 0 spiro atoms. The molecule has 0 atom stereocenters. The number of carbonyl (C=O) groups excluding carboxylic acids is 1. The quantitative estimate of drug-likeness (QED) is 0.462. The van der Waals surface area contributed by atoms with E-state index in [2.05, 4.69) is 11.7 Å². The summed E-state index contributed by atoms with van der Waals surface area (Å²) in [6.07, 6.45) is 0.311. The van der Waals surface area contributed by atoms with E-state index in [1.165, 1.54) is 18.2 Å². The Balaban J connectivity index is 2.79. The fourth-order valence-corrected chi connectivity index (χ4v) is 3.84. The van der Waals surface area contributed by atoms with E-state index in [-0.39, 0.29) is 10.5 Å². The molecule has 0 aliphatic rings. The fraction of sp³-hybridized carbons (Fsp3) is 0.176. The Morgan fingerprint density at radius 2 is 1.84 bits per heavy atom. The minimum absolute atomic E-state index is 0.0212. The molecule has 1 amide bonds. The molecule has 2 aromatic carbocycles.